The van der Waals surface area contributed by atoms with Gasteiger partial charge in [-0.25, -0.2) is 0 Å². The van der Waals surface area contributed by atoms with Crippen molar-refractivity contribution >= 4 is 11.6 Å². The van der Waals surface area contributed by atoms with Crippen LogP contribution in [0.25, 0.3) is 0 Å². The number of nitrogens with one attached hydrogen (secondary N) is 1. The number of carbonyl (C=O) groups excluding carboxylic acids is 1. The van der Waals surface area contributed by atoms with Gasteiger partial charge in [-0.2, -0.15) is 0 Å². The van der Waals surface area contributed by atoms with Gasteiger partial charge in [-0.05, 0) is 41.8 Å². The van der Waals surface area contributed by atoms with Crippen LogP contribution in [0.15, 0.2) is 73.2 Å². The summed E-state index contributed by atoms with van der Waals surface area (Å²) in [6, 6.07) is 17.7. The molecule has 2 heterocycles. The highest BCUT2D eigenvalue weighted by atomic mass is 16.2. The Bertz CT molecular complexity index is 837. The highest BCUT2D eigenvalue weighted by molar-refractivity contribution is 5.93. The molecule has 0 fully saturated rings. The number of aromatic nitrogens is 2. The Morgan fingerprint density at radius 3 is 2.54 bits per heavy atom. The minimum atomic E-state index is -0.0811. The number of hydrogen-bond acceptors (Lipinski definition) is 4. The van der Waals surface area contributed by atoms with E-state index in [9.17, 15) is 4.79 Å². The summed E-state index contributed by atoms with van der Waals surface area (Å²) in [4.78, 5) is 22.5. The fourth-order valence-corrected chi connectivity index (χ4v) is 2.60. The lowest BCUT2D eigenvalue weighted by atomic mass is 10.2. The van der Waals surface area contributed by atoms with Gasteiger partial charge in [0, 0.05) is 44.4 Å². The first-order valence-electron chi connectivity index (χ1n) is 8.60. The molecule has 0 saturated heterocycles. The summed E-state index contributed by atoms with van der Waals surface area (Å²) in [6.45, 7) is 1.34. The molecule has 5 nitrogen and oxygen atoms in total. The van der Waals surface area contributed by atoms with Gasteiger partial charge in [-0.3, -0.25) is 14.8 Å². The van der Waals surface area contributed by atoms with E-state index in [2.05, 4.69) is 27.4 Å². The zero-order chi connectivity index (χ0) is 18.2. The number of benzene rings is 1. The first-order chi connectivity index (χ1) is 12.7. The zero-order valence-electron chi connectivity index (χ0n) is 14.8. The van der Waals surface area contributed by atoms with Crippen molar-refractivity contribution in [2.45, 2.75) is 13.0 Å². The molecule has 0 aliphatic heterocycles. The number of hydrogen-bond donors (Lipinski definition) is 1. The second-order valence-corrected chi connectivity index (χ2v) is 6.10. The smallest absolute Gasteiger partial charge is 0.272 e. The van der Waals surface area contributed by atoms with Crippen LogP contribution in [-0.4, -0.2) is 34.4 Å². The summed E-state index contributed by atoms with van der Waals surface area (Å²) < 4.78 is 0. The van der Waals surface area contributed by atoms with Crippen molar-refractivity contribution in [2.75, 3.05) is 18.9 Å². The van der Waals surface area contributed by atoms with E-state index in [1.807, 2.05) is 36.4 Å². The Morgan fingerprint density at radius 1 is 1.00 bits per heavy atom. The second kappa shape index (κ2) is 8.76. The van der Waals surface area contributed by atoms with Crippen LogP contribution in [0.1, 0.15) is 21.6 Å². The van der Waals surface area contributed by atoms with Crippen LogP contribution >= 0.6 is 0 Å². The molecule has 0 spiro atoms. The predicted molar refractivity (Wildman–Crippen MR) is 103 cm³/mol. The predicted octanol–water partition coefficient (Wildman–Crippen LogP) is 3.40. The Morgan fingerprint density at radius 2 is 1.77 bits per heavy atom. The quantitative estimate of drug-likeness (QED) is 0.712. The van der Waals surface area contributed by atoms with Gasteiger partial charge in [-0.15, -0.1) is 0 Å². The summed E-state index contributed by atoms with van der Waals surface area (Å²) in [7, 11) is 1.80. The average Bonchev–Trinajstić information content (AvgIpc) is 2.71. The number of likely N-dealkylation sites (N-methyl/N-ethyl adjacent to an activating group) is 1. The van der Waals surface area contributed by atoms with Gasteiger partial charge in [0.05, 0.1) is 0 Å². The zero-order valence-corrected chi connectivity index (χ0v) is 14.8. The number of rotatable bonds is 7. The Balaban J connectivity index is 1.58. The van der Waals surface area contributed by atoms with Crippen LogP contribution in [0, 0.1) is 0 Å². The average molecular weight is 346 g/mol. The molecule has 3 aromatic rings. The molecule has 0 unspecified atom stereocenters. The van der Waals surface area contributed by atoms with E-state index < -0.39 is 0 Å². The molecular weight excluding hydrogens is 324 g/mol. The summed E-state index contributed by atoms with van der Waals surface area (Å²) in [5.74, 6) is -0.0811. The van der Waals surface area contributed by atoms with Gasteiger partial charge < -0.3 is 10.2 Å². The molecule has 0 aliphatic carbocycles. The molecule has 1 amide bonds. The fourth-order valence-electron chi connectivity index (χ4n) is 2.60. The van der Waals surface area contributed by atoms with Crippen LogP contribution < -0.4 is 5.32 Å². The Kier molecular flexibility index (Phi) is 5.93. The van der Waals surface area contributed by atoms with E-state index in [0.717, 1.165) is 17.7 Å². The highest BCUT2D eigenvalue weighted by Gasteiger charge is 2.13. The third-order valence-corrected chi connectivity index (χ3v) is 4.15. The monoisotopic (exact) mass is 346 g/mol. The van der Waals surface area contributed by atoms with Crippen LogP contribution in [0.2, 0.25) is 0 Å². The summed E-state index contributed by atoms with van der Waals surface area (Å²) in [5.41, 5.74) is 3.67. The van der Waals surface area contributed by atoms with Crippen LogP contribution in [0.3, 0.4) is 0 Å². The lowest BCUT2D eigenvalue weighted by Gasteiger charge is -2.17. The van der Waals surface area contributed by atoms with Crippen molar-refractivity contribution in [3.63, 3.8) is 0 Å². The van der Waals surface area contributed by atoms with E-state index in [1.54, 1.807) is 36.6 Å². The van der Waals surface area contributed by atoms with E-state index in [1.165, 1.54) is 5.56 Å². The van der Waals surface area contributed by atoms with Gasteiger partial charge in [0.15, 0.2) is 0 Å². The molecule has 0 aliphatic rings. The Hall–Kier alpha value is -3.21. The van der Waals surface area contributed by atoms with Gasteiger partial charge in [0.2, 0.25) is 0 Å². The summed E-state index contributed by atoms with van der Waals surface area (Å²) in [6.07, 6.45) is 5.98. The number of amides is 1. The first kappa shape index (κ1) is 17.6. The molecular formula is C21H22N4O. The molecule has 5 heteroatoms. The van der Waals surface area contributed by atoms with Crippen molar-refractivity contribution in [3.8, 4) is 0 Å². The number of pyridine rings is 2. The van der Waals surface area contributed by atoms with E-state index in [0.29, 0.717) is 18.8 Å². The van der Waals surface area contributed by atoms with Gasteiger partial charge >= 0.3 is 0 Å². The maximum absolute atomic E-state index is 12.6. The third kappa shape index (κ3) is 4.89. The molecule has 2 aromatic heterocycles. The van der Waals surface area contributed by atoms with E-state index in [-0.39, 0.29) is 5.91 Å². The molecule has 0 bridgehead atoms. The van der Waals surface area contributed by atoms with Crippen molar-refractivity contribution < 1.29 is 4.79 Å². The van der Waals surface area contributed by atoms with Crippen molar-refractivity contribution in [1.82, 2.24) is 14.9 Å². The van der Waals surface area contributed by atoms with E-state index in [4.69, 9.17) is 0 Å². The molecule has 0 saturated carbocycles. The van der Waals surface area contributed by atoms with Crippen LogP contribution in [0.5, 0.6) is 0 Å². The number of carbonyl (C=O) groups is 1. The first-order valence-corrected chi connectivity index (χ1v) is 8.60. The van der Waals surface area contributed by atoms with Crippen molar-refractivity contribution in [3.05, 3.63) is 90.0 Å². The third-order valence-electron chi connectivity index (χ3n) is 4.15. The standard InChI is InChI=1S/C21H22N4O/c1-25(14-10-17-7-11-22-12-8-17)21(26)20-15-19(9-13-23-20)24-16-18-5-3-2-4-6-18/h2-9,11-13,15H,10,14,16H2,1H3,(H,23,24). The molecule has 3 rings (SSSR count). The summed E-state index contributed by atoms with van der Waals surface area (Å²) >= 11 is 0. The summed E-state index contributed by atoms with van der Waals surface area (Å²) in [5, 5.41) is 3.34. The molecule has 1 aromatic carbocycles. The van der Waals surface area contributed by atoms with Gasteiger partial charge in [-0.1, -0.05) is 30.3 Å². The highest BCUT2D eigenvalue weighted by Crippen LogP contribution is 2.12. The molecule has 0 atom stereocenters. The minimum Gasteiger partial charge on any atom is -0.381 e. The van der Waals surface area contributed by atoms with Crippen molar-refractivity contribution in [1.29, 1.82) is 0 Å². The van der Waals surface area contributed by atoms with Crippen LogP contribution in [-0.2, 0) is 13.0 Å². The number of nitrogens with zero attached hydrogens (tertiary/aromatic N) is 3. The lowest BCUT2D eigenvalue weighted by Crippen LogP contribution is -2.29. The largest absolute Gasteiger partial charge is 0.381 e. The van der Waals surface area contributed by atoms with Crippen LogP contribution in [0.4, 0.5) is 5.69 Å². The Labute approximate surface area is 153 Å². The number of anilines is 1. The van der Waals surface area contributed by atoms with Gasteiger partial charge in [0.25, 0.3) is 5.91 Å². The second-order valence-electron chi connectivity index (χ2n) is 6.10. The molecule has 26 heavy (non-hydrogen) atoms. The lowest BCUT2D eigenvalue weighted by molar-refractivity contribution is 0.0791. The molecule has 1 N–H and O–H groups in total. The maximum atomic E-state index is 12.6. The van der Waals surface area contributed by atoms with Crippen molar-refractivity contribution in [2.24, 2.45) is 0 Å². The maximum Gasteiger partial charge on any atom is 0.272 e. The fraction of sp³-hybridized carbons (Fsp3) is 0.190. The topological polar surface area (TPSA) is 58.1 Å². The molecule has 132 valence electrons. The minimum absolute atomic E-state index is 0.0811. The van der Waals surface area contributed by atoms with E-state index >= 15 is 0 Å². The van der Waals surface area contributed by atoms with Gasteiger partial charge in [0.1, 0.15) is 5.69 Å². The molecule has 0 radical (unpaired) electrons. The SMILES string of the molecule is CN(CCc1ccncc1)C(=O)c1cc(NCc2ccccc2)ccn1. The normalized spacial score (nSPS) is 10.3.